The number of halogens is 8. The van der Waals surface area contributed by atoms with Crippen molar-refractivity contribution in [3.63, 3.8) is 0 Å². The van der Waals surface area contributed by atoms with Crippen molar-refractivity contribution < 1.29 is 40.6 Å². The molecule has 0 aliphatic rings. The van der Waals surface area contributed by atoms with Crippen LogP contribution in [0.5, 0.6) is 0 Å². The van der Waals surface area contributed by atoms with E-state index in [0.29, 0.717) is 15.7 Å². The number of nitrogens with one attached hydrogen (secondary N) is 1. The van der Waals surface area contributed by atoms with Crippen LogP contribution in [0.4, 0.5) is 30.7 Å². The van der Waals surface area contributed by atoms with Gasteiger partial charge in [-0.25, -0.2) is 23.5 Å². The lowest BCUT2D eigenvalue weighted by Crippen LogP contribution is -2.37. The van der Waals surface area contributed by atoms with Gasteiger partial charge >= 0.3 is 18.0 Å². The van der Waals surface area contributed by atoms with E-state index in [-0.39, 0.29) is 22.9 Å². The van der Waals surface area contributed by atoms with Gasteiger partial charge in [0.25, 0.3) is 5.91 Å². The van der Waals surface area contributed by atoms with Crippen LogP contribution in [0.1, 0.15) is 16.2 Å². The first-order valence-electron chi connectivity index (χ1n) is 11.4. The monoisotopic (exact) mass is 607 g/mol. The fourth-order valence-electron chi connectivity index (χ4n) is 3.58. The first-order valence-corrected chi connectivity index (χ1v) is 11.7. The molecule has 18 heteroatoms. The van der Waals surface area contributed by atoms with Gasteiger partial charge in [0, 0.05) is 10.6 Å². The highest BCUT2D eigenvalue weighted by Crippen LogP contribution is 2.24. The first-order chi connectivity index (χ1) is 19.1. The second-order valence-electron chi connectivity index (χ2n) is 8.50. The highest BCUT2D eigenvalue weighted by Gasteiger charge is 2.39. The SMILES string of the molecule is O=C(NCC(F)(F)F)c1cc(F)ccc1-n1cnc(Cn2nc(-c3ccc(Cl)cc3)n(CC(O)C(F)(F)F)c2=O)n1. The van der Waals surface area contributed by atoms with Crippen molar-refractivity contribution in [2.75, 3.05) is 6.54 Å². The third-order valence-electron chi connectivity index (χ3n) is 5.49. The third kappa shape index (κ3) is 7.10. The van der Waals surface area contributed by atoms with Crippen molar-refractivity contribution in [2.45, 2.75) is 31.5 Å². The maximum Gasteiger partial charge on any atom is 0.416 e. The molecule has 1 amide bonds. The van der Waals surface area contributed by atoms with Crippen LogP contribution < -0.4 is 11.0 Å². The molecule has 2 heterocycles. The fourth-order valence-corrected chi connectivity index (χ4v) is 3.71. The number of hydrogen-bond donors (Lipinski definition) is 2. The molecule has 218 valence electrons. The molecule has 0 aliphatic heterocycles. The number of aliphatic hydroxyl groups is 1. The average molecular weight is 608 g/mol. The van der Waals surface area contributed by atoms with Gasteiger partial charge < -0.3 is 10.4 Å². The van der Waals surface area contributed by atoms with Crippen LogP contribution in [0.3, 0.4) is 0 Å². The smallest absolute Gasteiger partial charge is 0.382 e. The molecule has 41 heavy (non-hydrogen) atoms. The lowest BCUT2D eigenvalue weighted by Gasteiger charge is -2.15. The lowest BCUT2D eigenvalue weighted by atomic mass is 10.1. The second-order valence-corrected chi connectivity index (χ2v) is 8.94. The van der Waals surface area contributed by atoms with E-state index in [1.165, 1.54) is 24.3 Å². The van der Waals surface area contributed by atoms with Crippen LogP contribution in [0.25, 0.3) is 17.1 Å². The Morgan fingerprint density at radius 1 is 1.05 bits per heavy atom. The van der Waals surface area contributed by atoms with Gasteiger partial charge in [-0.2, -0.15) is 26.3 Å². The number of aliphatic hydroxyl groups excluding tert-OH is 1. The van der Waals surface area contributed by atoms with Gasteiger partial charge in [-0.15, -0.1) is 10.2 Å². The molecule has 2 aromatic carbocycles. The van der Waals surface area contributed by atoms with E-state index in [1.54, 1.807) is 5.32 Å². The van der Waals surface area contributed by atoms with E-state index in [0.717, 1.165) is 27.8 Å². The number of nitrogens with zero attached hydrogens (tertiary/aromatic N) is 6. The lowest BCUT2D eigenvalue weighted by molar-refractivity contribution is -0.207. The van der Waals surface area contributed by atoms with Crippen molar-refractivity contribution in [1.29, 1.82) is 0 Å². The molecule has 10 nitrogen and oxygen atoms in total. The molecule has 2 N–H and O–H groups in total. The van der Waals surface area contributed by atoms with Gasteiger partial charge in [-0.05, 0) is 42.5 Å². The van der Waals surface area contributed by atoms with Gasteiger partial charge in [0.1, 0.15) is 25.2 Å². The van der Waals surface area contributed by atoms with Gasteiger partial charge in [-0.3, -0.25) is 9.36 Å². The molecule has 2 aromatic heterocycles. The molecule has 0 spiro atoms. The Morgan fingerprint density at radius 2 is 1.73 bits per heavy atom. The summed E-state index contributed by atoms with van der Waals surface area (Å²) in [5, 5.41) is 19.6. The number of hydrogen-bond acceptors (Lipinski definition) is 6. The number of rotatable bonds is 8. The zero-order valence-electron chi connectivity index (χ0n) is 20.3. The number of carbonyl (C=O) groups is 1. The summed E-state index contributed by atoms with van der Waals surface area (Å²) in [6, 6.07) is 8.31. The fraction of sp³-hybridized carbons (Fsp3) is 0.261. The minimum Gasteiger partial charge on any atom is -0.382 e. The van der Waals surface area contributed by atoms with Crippen molar-refractivity contribution >= 4 is 17.5 Å². The topological polar surface area (TPSA) is 120 Å². The number of amides is 1. The van der Waals surface area contributed by atoms with Gasteiger partial charge in [0.05, 0.1) is 17.8 Å². The van der Waals surface area contributed by atoms with E-state index in [2.05, 4.69) is 15.2 Å². The van der Waals surface area contributed by atoms with Crippen molar-refractivity contribution in [2.24, 2.45) is 0 Å². The van der Waals surface area contributed by atoms with Crippen molar-refractivity contribution in [3.8, 4) is 17.1 Å². The van der Waals surface area contributed by atoms with E-state index >= 15 is 0 Å². The number of alkyl halides is 6. The van der Waals surface area contributed by atoms with Gasteiger partial charge in [-0.1, -0.05) is 11.6 Å². The van der Waals surface area contributed by atoms with Crippen LogP contribution in [0, 0.1) is 5.82 Å². The van der Waals surface area contributed by atoms with Crippen LogP contribution in [-0.4, -0.2) is 65.1 Å². The molecule has 0 fully saturated rings. The summed E-state index contributed by atoms with van der Waals surface area (Å²) >= 11 is 5.86. The Kier molecular flexibility index (Phi) is 8.21. The minimum absolute atomic E-state index is 0.151. The van der Waals surface area contributed by atoms with Crippen molar-refractivity contribution in [3.05, 3.63) is 81.5 Å². The molecule has 4 rings (SSSR count). The summed E-state index contributed by atoms with van der Waals surface area (Å²) in [6.45, 7) is -3.35. The second kappa shape index (κ2) is 11.3. The standard InChI is InChI=1S/C23H17ClF7N7O3/c24-13-3-1-12(2-4-13)19-35-37(21(41)36(19)8-17(39)23(29,30)31)9-18-33-11-38(34-18)16-6-5-14(25)7-15(16)20(40)32-10-22(26,27)28/h1-7,11,17,39H,8-10H2,(H,32,40). The molecule has 0 bridgehead atoms. The Morgan fingerprint density at radius 3 is 2.37 bits per heavy atom. The van der Waals surface area contributed by atoms with Gasteiger partial charge in [0.15, 0.2) is 17.8 Å². The van der Waals surface area contributed by atoms with Crippen LogP contribution in [-0.2, 0) is 13.1 Å². The van der Waals surface area contributed by atoms with E-state index in [9.17, 15) is 45.4 Å². The van der Waals surface area contributed by atoms with Crippen LogP contribution in [0.15, 0.2) is 53.6 Å². The van der Waals surface area contributed by atoms with E-state index in [1.807, 2.05) is 0 Å². The minimum atomic E-state index is -5.03. The molecule has 4 aromatic rings. The molecular formula is C23H17ClF7N7O3. The molecule has 0 saturated carbocycles. The average Bonchev–Trinajstić information content (AvgIpc) is 3.47. The van der Waals surface area contributed by atoms with Crippen LogP contribution >= 0.6 is 11.6 Å². The predicted molar refractivity (Wildman–Crippen MR) is 128 cm³/mol. The summed E-state index contributed by atoms with van der Waals surface area (Å²) in [4.78, 5) is 29.3. The Hall–Kier alpha value is -4.25. The molecular weight excluding hydrogens is 591 g/mol. The van der Waals surface area contributed by atoms with Gasteiger partial charge in [0.2, 0.25) is 0 Å². The zero-order chi connectivity index (χ0) is 30.1. The highest BCUT2D eigenvalue weighted by atomic mass is 35.5. The maximum atomic E-state index is 13.8. The zero-order valence-corrected chi connectivity index (χ0v) is 21.0. The summed E-state index contributed by atoms with van der Waals surface area (Å²) < 4.78 is 92.8. The number of aromatic nitrogens is 6. The van der Waals surface area contributed by atoms with Crippen LogP contribution in [0.2, 0.25) is 5.02 Å². The molecule has 0 saturated heterocycles. The molecule has 1 unspecified atom stereocenters. The Bertz CT molecular complexity index is 1610. The Labute approximate surface area is 229 Å². The quantitative estimate of drug-likeness (QED) is 0.297. The van der Waals surface area contributed by atoms with E-state index < -0.39 is 61.1 Å². The first kappa shape index (κ1) is 29.7. The summed E-state index contributed by atoms with van der Waals surface area (Å²) in [7, 11) is 0. The summed E-state index contributed by atoms with van der Waals surface area (Å²) in [6.07, 6.45) is -11.6. The third-order valence-corrected chi connectivity index (χ3v) is 5.74. The molecule has 0 radical (unpaired) electrons. The summed E-state index contributed by atoms with van der Waals surface area (Å²) in [5.74, 6) is -2.54. The Balaban J connectivity index is 1.67. The number of benzene rings is 2. The summed E-state index contributed by atoms with van der Waals surface area (Å²) in [5.41, 5.74) is -1.50. The maximum absolute atomic E-state index is 13.8. The normalized spacial score (nSPS) is 12.9. The molecule has 0 aliphatic carbocycles. The van der Waals surface area contributed by atoms with Crippen molar-refractivity contribution in [1.82, 2.24) is 34.4 Å². The predicted octanol–water partition coefficient (Wildman–Crippen LogP) is 3.35. The highest BCUT2D eigenvalue weighted by molar-refractivity contribution is 6.30. The largest absolute Gasteiger partial charge is 0.416 e. The number of carbonyl (C=O) groups excluding carboxylic acids is 1. The molecule has 1 atom stereocenters. The van der Waals surface area contributed by atoms with E-state index in [4.69, 9.17) is 11.6 Å².